The third kappa shape index (κ3) is 5.61. The fourth-order valence-corrected chi connectivity index (χ4v) is 2.37. The summed E-state index contributed by atoms with van der Waals surface area (Å²) in [6, 6.07) is 14.9. The first-order chi connectivity index (χ1) is 10.0. The number of thiocarbonyl (C=S) groups is 1. The molecule has 0 fully saturated rings. The molecule has 2 aromatic rings. The van der Waals surface area contributed by atoms with Gasteiger partial charge in [-0.3, -0.25) is 4.79 Å². The Labute approximate surface area is 147 Å². The van der Waals surface area contributed by atoms with Crippen LogP contribution in [0.3, 0.4) is 0 Å². The molecule has 2 N–H and O–H groups in total. The molecule has 3 nitrogen and oxygen atoms in total. The molecule has 6 heteroatoms. The zero-order valence-corrected chi connectivity index (χ0v) is 14.6. The van der Waals surface area contributed by atoms with Gasteiger partial charge in [-0.1, -0.05) is 23.7 Å². The largest absolute Gasteiger partial charge is 0.332 e. The zero-order chi connectivity index (χ0) is 15.2. The second-order valence-electron chi connectivity index (χ2n) is 4.31. The second-order valence-corrected chi connectivity index (χ2v) is 6.40. The van der Waals surface area contributed by atoms with Crippen molar-refractivity contribution in [3.8, 4) is 0 Å². The minimum absolute atomic E-state index is 0.166. The van der Waals surface area contributed by atoms with Crippen LogP contribution < -0.4 is 10.6 Å². The highest BCUT2D eigenvalue weighted by molar-refractivity contribution is 14.1. The summed E-state index contributed by atoms with van der Waals surface area (Å²) in [5.74, 6) is -0.166. The number of benzene rings is 2. The van der Waals surface area contributed by atoms with Gasteiger partial charge in [0.2, 0.25) is 5.91 Å². The molecule has 108 valence electrons. The molecule has 0 atom stereocenters. The summed E-state index contributed by atoms with van der Waals surface area (Å²) in [5.41, 5.74) is 1.72. The average molecular weight is 431 g/mol. The highest BCUT2D eigenvalue weighted by atomic mass is 127. The van der Waals surface area contributed by atoms with Crippen LogP contribution in [-0.2, 0) is 11.2 Å². The van der Waals surface area contributed by atoms with Gasteiger partial charge in [-0.2, -0.15) is 0 Å². The van der Waals surface area contributed by atoms with Crippen molar-refractivity contribution in [3.63, 3.8) is 0 Å². The molecule has 2 aromatic carbocycles. The SMILES string of the molecule is O=C(Cc1ccc(Cl)cc1)NC(=S)Nc1ccc(I)cc1. The number of carbonyl (C=O) groups excluding carboxylic acids is 1. The van der Waals surface area contributed by atoms with Crippen LogP contribution in [0.2, 0.25) is 5.02 Å². The van der Waals surface area contributed by atoms with Gasteiger partial charge in [0.05, 0.1) is 6.42 Å². The van der Waals surface area contributed by atoms with E-state index in [1.54, 1.807) is 12.1 Å². The van der Waals surface area contributed by atoms with Gasteiger partial charge in [-0.05, 0) is 76.8 Å². The predicted octanol–water partition coefficient (Wildman–Crippen LogP) is 4.00. The quantitative estimate of drug-likeness (QED) is 0.571. The average Bonchev–Trinajstić information content (AvgIpc) is 2.44. The van der Waals surface area contributed by atoms with Gasteiger partial charge in [0, 0.05) is 14.3 Å². The Morgan fingerprint density at radius 3 is 2.33 bits per heavy atom. The van der Waals surface area contributed by atoms with Crippen molar-refractivity contribution >= 4 is 63.1 Å². The van der Waals surface area contributed by atoms with Crippen LogP contribution in [0.25, 0.3) is 0 Å². The summed E-state index contributed by atoms with van der Waals surface area (Å²) in [7, 11) is 0. The molecular formula is C15H12ClIN2OS. The van der Waals surface area contributed by atoms with E-state index in [4.69, 9.17) is 23.8 Å². The highest BCUT2D eigenvalue weighted by Gasteiger charge is 2.06. The van der Waals surface area contributed by atoms with Crippen molar-refractivity contribution < 1.29 is 4.79 Å². The van der Waals surface area contributed by atoms with Crippen molar-refractivity contribution in [3.05, 3.63) is 62.7 Å². The lowest BCUT2D eigenvalue weighted by Crippen LogP contribution is -2.35. The van der Waals surface area contributed by atoms with Gasteiger partial charge < -0.3 is 10.6 Å². The van der Waals surface area contributed by atoms with Gasteiger partial charge in [0.25, 0.3) is 0 Å². The maximum Gasteiger partial charge on any atom is 0.230 e. The normalized spacial score (nSPS) is 10.0. The number of anilines is 1. The summed E-state index contributed by atoms with van der Waals surface area (Å²) >= 11 is 13.1. The van der Waals surface area contributed by atoms with Crippen LogP contribution in [-0.4, -0.2) is 11.0 Å². The summed E-state index contributed by atoms with van der Waals surface area (Å²) < 4.78 is 1.14. The maximum atomic E-state index is 11.9. The molecule has 0 radical (unpaired) electrons. The van der Waals surface area contributed by atoms with Crippen molar-refractivity contribution in [1.29, 1.82) is 0 Å². The van der Waals surface area contributed by atoms with Gasteiger partial charge >= 0.3 is 0 Å². The fraction of sp³-hybridized carbons (Fsp3) is 0.0667. The second kappa shape index (κ2) is 7.72. The summed E-state index contributed by atoms with van der Waals surface area (Å²) in [5, 5.41) is 6.56. The van der Waals surface area contributed by atoms with Crippen LogP contribution in [0.1, 0.15) is 5.56 Å². The standard InChI is InChI=1S/C15H12ClIN2OS/c16-11-3-1-10(2-4-11)9-14(20)19-15(21)18-13-7-5-12(17)6-8-13/h1-8H,9H2,(H2,18,19,20,21). The zero-order valence-electron chi connectivity index (χ0n) is 10.9. The summed E-state index contributed by atoms with van der Waals surface area (Å²) in [6.07, 6.45) is 0.256. The molecule has 0 saturated heterocycles. The molecule has 0 aliphatic rings. The number of hydrogen-bond donors (Lipinski definition) is 2. The van der Waals surface area contributed by atoms with E-state index < -0.39 is 0 Å². The molecule has 2 rings (SSSR count). The van der Waals surface area contributed by atoms with E-state index in [0.717, 1.165) is 14.8 Å². The fourth-order valence-electron chi connectivity index (χ4n) is 1.65. The van der Waals surface area contributed by atoms with Gasteiger partial charge in [-0.25, -0.2) is 0 Å². The van der Waals surface area contributed by atoms with E-state index in [1.165, 1.54) is 0 Å². The Morgan fingerprint density at radius 1 is 1.10 bits per heavy atom. The molecule has 0 bridgehead atoms. The van der Waals surface area contributed by atoms with Crippen LogP contribution in [0.5, 0.6) is 0 Å². The first kappa shape index (κ1) is 16.2. The Balaban J connectivity index is 1.85. The number of amides is 1. The molecule has 1 amide bonds. The smallest absolute Gasteiger partial charge is 0.230 e. The third-order valence-electron chi connectivity index (χ3n) is 2.63. The minimum atomic E-state index is -0.166. The monoisotopic (exact) mass is 430 g/mol. The minimum Gasteiger partial charge on any atom is -0.332 e. The molecule has 0 aliphatic heterocycles. The lowest BCUT2D eigenvalue weighted by molar-refractivity contribution is -0.119. The van der Waals surface area contributed by atoms with Crippen LogP contribution in [0.4, 0.5) is 5.69 Å². The molecule has 0 spiro atoms. The van der Waals surface area contributed by atoms with E-state index in [2.05, 4.69) is 33.2 Å². The van der Waals surface area contributed by atoms with Crippen LogP contribution in [0, 0.1) is 3.57 Å². The van der Waals surface area contributed by atoms with E-state index in [1.807, 2.05) is 36.4 Å². The van der Waals surface area contributed by atoms with E-state index >= 15 is 0 Å². The molecule has 0 aliphatic carbocycles. The molecule has 0 heterocycles. The number of hydrogen-bond acceptors (Lipinski definition) is 2. The summed E-state index contributed by atoms with van der Waals surface area (Å²) in [4.78, 5) is 11.9. The van der Waals surface area contributed by atoms with Gasteiger partial charge in [-0.15, -0.1) is 0 Å². The predicted molar refractivity (Wildman–Crippen MR) is 98.7 cm³/mol. The Bertz CT molecular complexity index is 586. The first-order valence-corrected chi connectivity index (χ1v) is 8.00. The number of carbonyl (C=O) groups is 1. The van der Waals surface area contributed by atoms with Gasteiger partial charge in [0.1, 0.15) is 0 Å². The lowest BCUT2D eigenvalue weighted by atomic mass is 10.1. The summed E-state index contributed by atoms with van der Waals surface area (Å²) in [6.45, 7) is 0. The van der Waals surface area contributed by atoms with E-state index in [-0.39, 0.29) is 17.4 Å². The number of nitrogens with one attached hydrogen (secondary N) is 2. The lowest BCUT2D eigenvalue weighted by Gasteiger charge is -2.09. The molecular weight excluding hydrogens is 419 g/mol. The van der Waals surface area contributed by atoms with Crippen molar-refractivity contribution in [2.45, 2.75) is 6.42 Å². The highest BCUT2D eigenvalue weighted by Crippen LogP contribution is 2.11. The van der Waals surface area contributed by atoms with E-state index in [0.29, 0.717) is 5.02 Å². The van der Waals surface area contributed by atoms with Crippen molar-refractivity contribution in [1.82, 2.24) is 5.32 Å². The van der Waals surface area contributed by atoms with Crippen molar-refractivity contribution in [2.24, 2.45) is 0 Å². The molecule has 21 heavy (non-hydrogen) atoms. The molecule has 0 unspecified atom stereocenters. The number of halogens is 2. The molecule has 0 saturated carbocycles. The Hall–Kier alpha value is -1.18. The topological polar surface area (TPSA) is 41.1 Å². The Morgan fingerprint density at radius 2 is 1.71 bits per heavy atom. The van der Waals surface area contributed by atoms with Crippen molar-refractivity contribution in [2.75, 3.05) is 5.32 Å². The van der Waals surface area contributed by atoms with E-state index in [9.17, 15) is 4.79 Å². The maximum absolute atomic E-state index is 11.9. The van der Waals surface area contributed by atoms with Crippen LogP contribution >= 0.6 is 46.4 Å². The first-order valence-electron chi connectivity index (χ1n) is 6.14. The van der Waals surface area contributed by atoms with Crippen LogP contribution in [0.15, 0.2) is 48.5 Å². The third-order valence-corrected chi connectivity index (χ3v) is 3.81. The molecule has 0 aromatic heterocycles. The van der Waals surface area contributed by atoms with Gasteiger partial charge in [0.15, 0.2) is 5.11 Å². The Kier molecular flexibility index (Phi) is 5.96. The number of rotatable bonds is 3.